The average molecular weight is 224 g/mol. The molecule has 0 saturated carbocycles. The molecule has 1 aromatic heterocycles. The first-order valence-electron chi connectivity index (χ1n) is 5.33. The lowest BCUT2D eigenvalue weighted by Gasteiger charge is -2.34. The number of aromatic amines is 1. The van der Waals surface area contributed by atoms with Crippen LogP contribution in [-0.4, -0.2) is 41.9 Å². The molecule has 2 heterocycles. The first kappa shape index (κ1) is 11.1. The Bertz CT molecular complexity index is 344. The Morgan fingerprint density at radius 3 is 2.88 bits per heavy atom. The van der Waals surface area contributed by atoms with Crippen molar-refractivity contribution in [3.63, 3.8) is 0 Å². The number of carbonyl (C=O) groups excluding carboxylic acids is 1. The summed E-state index contributed by atoms with van der Waals surface area (Å²) in [6, 6.07) is 0. The molecular weight excluding hydrogens is 208 g/mol. The molecule has 0 aromatic carbocycles. The Kier molecular flexibility index (Phi) is 3.21. The van der Waals surface area contributed by atoms with Gasteiger partial charge in [-0.25, -0.2) is 0 Å². The van der Waals surface area contributed by atoms with Crippen LogP contribution in [0.3, 0.4) is 0 Å². The molecule has 1 amide bonds. The van der Waals surface area contributed by atoms with Crippen molar-refractivity contribution in [1.82, 2.24) is 15.5 Å². The van der Waals surface area contributed by atoms with Crippen LogP contribution in [0.5, 0.6) is 0 Å². The molecular formula is C10H16N4O2. The monoisotopic (exact) mass is 224 g/mol. The maximum atomic E-state index is 12.1. The number of hydrogen-bond donors (Lipinski definition) is 3. The first-order valence-corrected chi connectivity index (χ1v) is 5.33. The fourth-order valence-electron chi connectivity index (χ4n) is 1.92. The topological polar surface area (TPSA) is 79.0 Å². The summed E-state index contributed by atoms with van der Waals surface area (Å²) in [4.78, 5) is 12.1. The zero-order valence-electron chi connectivity index (χ0n) is 9.25. The van der Waals surface area contributed by atoms with Gasteiger partial charge in [0.1, 0.15) is 5.60 Å². The van der Waals surface area contributed by atoms with Gasteiger partial charge < -0.3 is 15.4 Å². The van der Waals surface area contributed by atoms with E-state index in [0.717, 1.165) is 13.1 Å². The van der Waals surface area contributed by atoms with Crippen molar-refractivity contribution in [3.05, 3.63) is 12.4 Å². The summed E-state index contributed by atoms with van der Waals surface area (Å²) in [7, 11) is 1.58. The lowest BCUT2D eigenvalue weighted by molar-refractivity contribution is -0.140. The molecule has 16 heavy (non-hydrogen) atoms. The van der Waals surface area contributed by atoms with E-state index in [2.05, 4.69) is 20.8 Å². The molecule has 6 nitrogen and oxygen atoms in total. The molecule has 0 atom stereocenters. The van der Waals surface area contributed by atoms with E-state index in [4.69, 9.17) is 4.74 Å². The summed E-state index contributed by atoms with van der Waals surface area (Å²) >= 11 is 0. The fourth-order valence-corrected chi connectivity index (χ4v) is 1.92. The highest BCUT2D eigenvalue weighted by Gasteiger charge is 2.39. The minimum Gasteiger partial charge on any atom is -0.368 e. The van der Waals surface area contributed by atoms with Gasteiger partial charge >= 0.3 is 0 Å². The van der Waals surface area contributed by atoms with Gasteiger partial charge in [-0.3, -0.25) is 9.89 Å². The third-order valence-electron chi connectivity index (χ3n) is 2.97. The van der Waals surface area contributed by atoms with Gasteiger partial charge in [-0.05, 0) is 25.9 Å². The van der Waals surface area contributed by atoms with Gasteiger partial charge in [0, 0.05) is 13.3 Å². The smallest absolute Gasteiger partial charge is 0.256 e. The van der Waals surface area contributed by atoms with Crippen LogP contribution in [0.1, 0.15) is 12.8 Å². The Morgan fingerprint density at radius 1 is 1.56 bits per heavy atom. The average Bonchev–Trinajstić information content (AvgIpc) is 2.82. The number of nitrogens with zero attached hydrogens (tertiary/aromatic N) is 1. The molecule has 3 N–H and O–H groups in total. The lowest BCUT2D eigenvalue weighted by Crippen LogP contribution is -2.51. The van der Waals surface area contributed by atoms with Gasteiger partial charge in [-0.1, -0.05) is 0 Å². The van der Waals surface area contributed by atoms with Crippen LogP contribution in [0, 0.1) is 0 Å². The quantitative estimate of drug-likeness (QED) is 0.681. The molecule has 6 heteroatoms. The molecule has 1 fully saturated rings. The number of anilines is 1. The van der Waals surface area contributed by atoms with Gasteiger partial charge in [0.05, 0.1) is 11.9 Å². The maximum absolute atomic E-state index is 12.1. The molecule has 1 aliphatic heterocycles. The van der Waals surface area contributed by atoms with Gasteiger partial charge in [0.25, 0.3) is 5.91 Å². The zero-order valence-corrected chi connectivity index (χ0v) is 9.25. The van der Waals surface area contributed by atoms with Gasteiger partial charge in [-0.2, -0.15) is 5.10 Å². The maximum Gasteiger partial charge on any atom is 0.256 e. The van der Waals surface area contributed by atoms with Crippen LogP contribution in [0.4, 0.5) is 5.69 Å². The lowest BCUT2D eigenvalue weighted by atomic mass is 9.91. The molecule has 0 bridgehead atoms. The predicted octanol–water partition coefficient (Wildman–Crippen LogP) is 0.117. The molecule has 0 aliphatic carbocycles. The third-order valence-corrected chi connectivity index (χ3v) is 2.97. The molecule has 88 valence electrons. The van der Waals surface area contributed by atoms with Crippen molar-refractivity contribution >= 4 is 11.6 Å². The minimum atomic E-state index is -0.706. The molecule has 2 rings (SSSR count). The number of aromatic nitrogens is 2. The standard InChI is InChI=1S/C10H16N4O2/c1-16-10(2-4-11-5-3-10)9(15)14-8-6-12-13-7-8/h6-7,11H,2-5H2,1H3,(H,12,13)(H,14,15). The summed E-state index contributed by atoms with van der Waals surface area (Å²) in [5, 5.41) is 12.4. The highest BCUT2D eigenvalue weighted by Crippen LogP contribution is 2.24. The second kappa shape index (κ2) is 4.63. The number of H-pyrrole nitrogens is 1. The van der Waals surface area contributed by atoms with Crippen molar-refractivity contribution in [2.24, 2.45) is 0 Å². The number of ether oxygens (including phenoxy) is 1. The summed E-state index contributed by atoms with van der Waals surface area (Å²) in [6.45, 7) is 1.60. The van der Waals surface area contributed by atoms with E-state index in [9.17, 15) is 4.79 Å². The summed E-state index contributed by atoms with van der Waals surface area (Å²) in [6.07, 6.45) is 4.59. The van der Waals surface area contributed by atoms with Crippen LogP contribution in [-0.2, 0) is 9.53 Å². The highest BCUT2D eigenvalue weighted by molar-refractivity contribution is 5.97. The number of piperidine rings is 1. The number of hydrogen-bond acceptors (Lipinski definition) is 4. The molecule has 1 saturated heterocycles. The van der Waals surface area contributed by atoms with Gasteiger partial charge in [0.15, 0.2) is 0 Å². The highest BCUT2D eigenvalue weighted by atomic mass is 16.5. The van der Waals surface area contributed by atoms with Crippen molar-refractivity contribution in [3.8, 4) is 0 Å². The first-order chi connectivity index (χ1) is 7.77. The van der Waals surface area contributed by atoms with E-state index in [1.54, 1.807) is 19.5 Å². The van der Waals surface area contributed by atoms with E-state index in [1.807, 2.05) is 0 Å². The van der Waals surface area contributed by atoms with Crippen molar-refractivity contribution in [2.45, 2.75) is 18.4 Å². The van der Waals surface area contributed by atoms with E-state index in [0.29, 0.717) is 18.5 Å². The molecule has 0 unspecified atom stereocenters. The number of methoxy groups -OCH3 is 1. The van der Waals surface area contributed by atoms with Gasteiger partial charge in [-0.15, -0.1) is 0 Å². The SMILES string of the molecule is COC1(C(=O)Nc2cn[nH]c2)CCNCC1. The Labute approximate surface area is 93.8 Å². The van der Waals surface area contributed by atoms with Crippen molar-refractivity contribution < 1.29 is 9.53 Å². The van der Waals surface area contributed by atoms with E-state index in [1.165, 1.54) is 0 Å². The summed E-state index contributed by atoms with van der Waals surface area (Å²) < 4.78 is 5.41. The fraction of sp³-hybridized carbons (Fsp3) is 0.600. The van der Waals surface area contributed by atoms with Crippen LogP contribution in [0.25, 0.3) is 0 Å². The third kappa shape index (κ3) is 2.07. The van der Waals surface area contributed by atoms with Crippen LogP contribution in [0.15, 0.2) is 12.4 Å². The number of rotatable bonds is 3. The summed E-state index contributed by atoms with van der Waals surface area (Å²) in [5.74, 6) is -0.0992. The zero-order chi connectivity index (χ0) is 11.4. The minimum absolute atomic E-state index is 0.0992. The van der Waals surface area contributed by atoms with E-state index < -0.39 is 5.60 Å². The second-order valence-corrected chi connectivity index (χ2v) is 3.89. The number of nitrogens with one attached hydrogen (secondary N) is 3. The van der Waals surface area contributed by atoms with E-state index in [-0.39, 0.29) is 5.91 Å². The molecule has 0 spiro atoms. The normalized spacial score (nSPS) is 19.3. The number of carbonyl (C=O) groups is 1. The van der Waals surface area contributed by atoms with E-state index >= 15 is 0 Å². The van der Waals surface area contributed by atoms with Crippen molar-refractivity contribution in [1.29, 1.82) is 0 Å². The van der Waals surface area contributed by atoms with Crippen LogP contribution in [0.2, 0.25) is 0 Å². The number of amides is 1. The predicted molar refractivity (Wildman–Crippen MR) is 59.1 cm³/mol. The van der Waals surface area contributed by atoms with Crippen LogP contribution >= 0.6 is 0 Å². The molecule has 1 aromatic rings. The van der Waals surface area contributed by atoms with Gasteiger partial charge in [0.2, 0.25) is 0 Å². The largest absolute Gasteiger partial charge is 0.368 e. The Hall–Kier alpha value is -1.40. The molecule has 1 aliphatic rings. The second-order valence-electron chi connectivity index (χ2n) is 3.89. The Morgan fingerprint density at radius 2 is 2.31 bits per heavy atom. The van der Waals surface area contributed by atoms with Crippen LogP contribution < -0.4 is 10.6 Å². The Balaban J connectivity index is 2.06. The van der Waals surface area contributed by atoms with Crippen molar-refractivity contribution in [2.75, 3.05) is 25.5 Å². The summed E-state index contributed by atoms with van der Waals surface area (Å²) in [5.41, 5.74) is -0.0392. The molecule has 0 radical (unpaired) electrons.